The summed E-state index contributed by atoms with van der Waals surface area (Å²) in [6, 6.07) is 6.82. The van der Waals surface area contributed by atoms with Gasteiger partial charge >= 0.3 is 5.97 Å². The Labute approximate surface area is 128 Å². The van der Waals surface area contributed by atoms with E-state index in [9.17, 15) is 9.59 Å². The van der Waals surface area contributed by atoms with Crippen molar-refractivity contribution in [2.45, 2.75) is 6.92 Å². The Morgan fingerprint density at radius 1 is 1.32 bits per heavy atom. The SMILES string of the molecule is CC(=O)Oc1ccc(/C=N/NC(=O)CN2CCOCC2)cc1. The Bertz CT molecular complexity index is 536. The summed E-state index contributed by atoms with van der Waals surface area (Å²) in [5, 5.41) is 3.91. The molecule has 7 nitrogen and oxygen atoms in total. The fourth-order valence-corrected chi connectivity index (χ4v) is 1.96. The molecule has 2 rings (SSSR count). The predicted molar refractivity (Wildman–Crippen MR) is 80.7 cm³/mol. The van der Waals surface area contributed by atoms with Crippen molar-refractivity contribution in [1.29, 1.82) is 0 Å². The van der Waals surface area contributed by atoms with Gasteiger partial charge in [0.2, 0.25) is 0 Å². The van der Waals surface area contributed by atoms with E-state index in [-0.39, 0.29) is 11.9 Å². The number of hydrogen-bond acceptors (Lipinski definition) is 6. The van der Waals surface area contributed by atoms with Crippen molar-refractivity contribution in [3.63, 3.8) is 0 Å². The molecule has 0 aromatic heterocycles. The van der Waals surface area contributed by atoms with Crippen molar-refractivity contribution in [2.24, 2.45) is 5.10 Å². The highest BCUT2D eigenvalue weighted by molar-refractivity contribution is 5.83. The van der Waals surface area contributed by atoms with Crippen molar-refractivity contribution in [3.05, 3.63) is 29.8 Å². The molecule has 0 saturated carbocycles. The van der Waals surface area contributed by atoms with E-state index in [0.717, 1.165) is 18.7 Å². The van der Waals surface area contributed by atoms with E-state index in [0.29, 0.717) is 25.5 Å². The summed E-state index contributed by atoms with van der Waals surface area (Å²) in [7, 11) is 0. The molecule has 7 heteroatoms. The molecule has 0 spiro atoms. The summed E-state index contributed by atoms with van der Waals surface area (Å²) >= 11 is 0. The zero-order valence-electron chi connectivity index (χ0n) is 12.4. The third-order valence-corrected chi connectivity index (χ3v) is 3.02. The van der Waals surface area contributed by atoms with Crippen LogP contribution in [0.2, 0.25) is 0 Å². The maximum atomic E-state index is 11.7. The predicted octanol–water partition coefficient (Wildman–Crippen LogP) is 0.394. The van der Waals surface area contributed by atoms with E-state index in [1.54, 1.807) is 24.3 Å². The van der Waals surface area contributed by atoms with Gasteiger partial charge in [-0.15, -0.1) is 0 Å². The van der Waals surface area contributed by atoms with Crippen molar-refractivity contribution >= 4 is 18.1 Å². The summed E-state index contributed by atoms with van der Waals surface area (Å²) in [5.74, 6) is -0.0486. The molecule has 1 aromatic rings. The monoisotopic (exact) mass is 305 g/mol. The summed E-state index contributed by atoms with van der Waals surface area (Å²) < 4.78 is 10.1. The normalized spacial score (nSPS) is 15.7. The van der Waals surface area contributed by atoms with Crippen molar-refractivity contribution in [3.8, 4) is 5.75 Å². The number of ether oxygens (including phenoxy) is 2. The Kier molecular flexibility index (Phi) is 6.05. The van der Waals surface area contributed by atoms with Gasteiger partial charge in [-0.1, -0.05) is 0 Å². The molecule has 1 aromatic carbocycles. The van der Waals surface area contributed by atoms with Crippen LogP contribution in [-0.4, -0.2) is 55.8 Å². The van der Waals surface area contributed by atoms with Gasteiger partial charge in [-0.25, -0.2) is 5.43 Å². The molecule has 1 heterocycles. The average molecular weight is 305 g/mol. The van der Waals surface area contributed by atoms with Gasteiger partial charge in [0.25, 0.3) is 5.91 Å². The second kappa shape index (κ2) is 8.26. The molecule has 0 unspecified atom stereocenters. The highest BCUT2D eigenvalue weighted by Crippen LogP contribution is 2.11. The topological polar surface area (TPSA) is 80.2 Å². The van der Waals surface area contributed by atoms with Gasteiger partial charge in [-0.2, -0.15) is 5.10 Å². The molecule has 1 saturated heterocycles. The average Bonchev–Trinajstić information content (AvgIpc) is 2.49. The Morgan fingerprint density at radius 2 is 2.00 bits per heavy atom. The number of hydrazone groups is 1. The number of morpholine rings is 1. The van der Waals surface area contributed by atoms with Crippen molar-refractivity contribution in [2.75, 3.05) is 32.8 Å². The van der Waals surface area contributed by atoms with Gasteiger partial charge in [0.1, 0.15) is 5.75 Å². The highest BCUT2D eigenvalue weighted by Gasteiger charge is 2.13. The minimum atomic E-state index is -0.364. The van der Waals surface area contributed by atoms with Crippen LogP contribution in [0.25, 0.3) is 0 Å². The minimum Gasteiger partial charge on any atom is -0.427 e. The van der Waals surface area contributed by atoms with Crippen LogP contribution >= 0.6 is 0 Å². The van der Waals surface area contributed by atoms with Crippen LogP contribution in [0, 0.1) is 0 Å². The quantitative estimate of drug-likeness (QED) is 0.368. The van der Waals surface area contributed by atoms with Crippen LogP contribution in [0.3, 0.4) is 0 Å². The lowest BCUT2D eigenvalue weighted by Gasteiger charge is -2.25. The number of hydrogen-bond donors (Lipinski definition) is 1. The summed E-state index contributed by atoms with van der Waals surface area (Å²) in [6.45, 7) is 4.49. The lowest BCUT2D eigenvalue weighted by molar-refractivity contribution is -0.131. The van der Waals surface area contributed by atoms with E-state index in [4.69, 9.17) is 9.47 Å². The molecule has 1 aliphatic heterocycles. The van der Waals surface area contributed by atoms with Crippen molar-refractivity contribution < 1.29 is 19.1 Å². The third-order valence-electron chi connectivity index (χ3n) is 3.02. The van der Waals surface area contributed by atoms with E-state index in [1.165, 1.54) is 13.1 Å². The largest absolute Gasteiger partial charge is 0.427 e. The standard InChI is InChI=1S/C15H19N3O4/c1-12(19)22-14-4-2-13(3-5-14)10-16-17-15(20)11-18-6-8-21-9-7-18/h2-5,10H,6-9,11H2,1H3,(H,17,20)/b16-10+. The first-order valence-electron chi connectivity index (χ1n) is 7.04. The first-order chi connectivity index (χ1) is 10.6. The van der Waals surface area contributed by atoms with Gasteiger partial charge in [-0.05, 0) is 29.8 Å². The minimum absolute atomic E-state index is 0.158. The Morgan fingerprint density at radius 3 is 2.64 bits per heavy atom. The molecule has 1 N–H and O–H groups in total. The lowest BCUT2D eigenvalue weighted by atomic mass is 10.2. The van der Waals surface area contributed by atoms with Crippen LogP contribution in [0.1, 0.15) is 12.5 Å². The molecule has 0 aliphatic carbocycles. The fraction of sp³-hybridized carbons (Fsp3) is 0.400. The molecular weight excluding hydrogens is 286 g/mol. The molecule has 22 heavy (non-hydrogen) atoms. The van der Waals surface area contributed by atoms with Gasteiger partial charge in [-0.3, -0.25) is 14.5 Å². The zero-order valence-corrected chi connectivity index (χ0v) is 12.4. The zero-order chi connectivity index (χ0) is 15.8. The lowest BCUT2D eigenvalue weighted by Crippen LogP contribution is -2.42. The summed E-state index contributed by atoms with van der Waals surface area (Å²) in [5.41, 5.74) is 3.28. The number of esters is 1. The van der Waals surface area contributed by atoms with E-state index in [1.807, 2.05) is 4.90 Å². The van der Waals surface area contributed by atoms with Crippen LogP contribution in [0.5, 0.6) is 5.75 Å². The third kappa shape index (κ3) is 5.63. The first kappa shape index (κ1) is 16.1. The molecule has 0 atom stereocenters. The number of nitrogens with one attached hydrogen (secondary N) is 1. The van der Waals surface area contributed by atoms with Crippen LogP contribution in [0.15, 0.2) is 29.4 Å². The van der Waals surface area contributed by atoms with E-state index >= 15 is 0 Å². The molecule has 0 bridgehead atoms. The van der Waals surface area contributed by atoms with E-state index in [2.05, 4.69) is 10.5 Å². The van der Waals surface area contributed by atoms with Crippen LogP contribution in [0.4, 0.5) is 0 Å². The first-order valence-corrected chi connectivity index (χ1v) is 7.04. The number of carbonyl (C=O) groups excluding carboxylic acids is 2. The van der Waals surface area contributed by atoms with Gasteiger partial charge < -0.3 is 9.47 Å². The van der Waals surface area contributed by atoms with Crippen molar-refractivity contribution in [1.82, 2.24) is 10.3 Å². The number of rotatable bonds is 5. The summed E-state index contributed by atoms with van der Waals surface area (Å²) in [4.78, 5) is 24.5. The molecule has 1 fully saturated rings. The number of carbonyl (C=O) groups is 2. The maximum absolute atomic E-state index is 11.7. The molecule has 1 amide bonds. The van der Waals surface area contributed by atoms with Gasteiger partial charge in [0, 0.05) is 20.0 Å². The number of nitrogens with zero attached hydrogens (tertiary/aromatic N) is 2. The Hall–Kier alpha value is -2.25. The number of benzene rings is 1. The molecule has 118 valence electrons. The van der Waals surface area contributed by atoms with Gasteiger partial charge in [0.05, 0.1) is 26.0 Å². The van der Waals surface area contributed by atoms with Crippen LogP contribution < -0.4 is 10.2 Å². The Balaban J connectivity index is 1.76. The van der Waals surface area contributed by atoms with E-state index < -0.39 is 0 Å². The second-order valence-electron chi connectivity index (χ2n) is 4.84. The van der Waals surface area contributed by atoms with Crippen LogP contribution in [-0.2, 0) is 14.3 Å². The highest BCUT2D eigenvalue weighted by atomic mass is 16.5. The summed E-state index contributed by atoms with van der Waals surface area (Å²) in [6.07, 6.45) is 1.54. The number of amides is 1. The second-order valence-corrected chi connectivity index (χ2v) is 4.84. The smallest absolute Gasteiger partial charge is 0.308 e. The maximum Gasteiger partial charge on any atom is 0.308 e. The fourth-order valence-electron chi connectivity index (χ4n) is 1.96. The molecular formula is C15H19N3O4. The van der Waals surface area contributed by atoms with Gasteiger partial charge in [0.15, 0.2) is 0 Å². The molecule has 1 aliphatic rings. The molecule has 0 radical (unpaired) electrons.